The first-order valence-corrected chi connectivity index (χ1v) is 6.92. The second-order valence-electron chi connectivity index (χ2n) is 5.51. The molecule has 0 bridgehead atoms. The van der Waals surface area contributed by atoms with E-state index in [9.17, 15) is 15.2 Å². The lowest BCUT2D eigenvalue weighted by atomic mass is 9.86. The van der Waals surface area contributed by atoms with Crippen LogP contribution < -0.4 is 0 Å². The van der Waals surface area contributed by atoms with Crippen LogP contribution in [0.2, 0.25) is 0 Å². The van der Waals surface area contributed by atoms with Crippen LogP contribution in [0.4, 0.5) is 5.69 Å². The van der Waals surface area contributed by atoms with Crippen LogP contribution in [0.25, 0.3) is 0 Å². The van der Waals surface area contributed by atoms with Crippen molar-refractivity contribution in [2.75, 3.05) is 0 Å². The molecule has 1 aromatic heterocycles. The minimum absolute atomic E-state index is 0.0977. The third-order valence-corrected chi connectivity index (χ3v) is 4.03. The summed E-state index contributed by atoms with van der Waals surface area (Å²) in [6.07, 6.45) is 7.19. The molecule has 2 aliphatic rings. The fourth-order valence-corrected chi connectivity index (χ4v) is 2.84. The Hall–Kier alpha value is -1.72. The number of aromatic hydroxyl groups is 1. The van der Waals surface area contributed by atoms with Gasteiger partial charge in [0, 0.05) is 11.8 Å². The first-order chi connectivity index (χ1) is 9.16. The van der Waals surface area contributed by atoms with Gasteiger partial charge in [-0.05, 0) is 25.7 Å². The van der Waals surface area contributed by atoms with E-state index in [4.69, 9.17) is 0 Å². The molecule has 0 unspecified atom stereocenters. The zero-order valence-electron chi connectivity index (χ0n) is 10.7. The monoisotopic (exact) mass is 263 g/mol. The summed E-state index contributed by atoms with van der Waals surface area (Å²) in [4.78, 5) is 18.9. The van der Waals surface area contributed by atoms with Gasteiger partial charge in [-0.3, -0.25) is 10.1 Å². The molecule has 0 saturated heterocycles. The van der Waals surface area contributed by atoms with Gasteiger partial charge < -0.3 is 5.11 Å². The SMILES string of the molecule is O=[N+]([O-])c1c(O)nc(C2CC2)nc1C1CCCCC1. The molecule has 0 radical (unpaired) electrons. The maximum absolute atomic E-state index is 11.1. The Morgan fingerprint density at radius 3 is 2.32 bits per heavy atom. The van der Waals surface area contributed by atoms with Crippen LogP contribution in [0.5, 0.6) is 5.88 Å². The average Bonchev–Trinajstić information content (AvgIpc) is 3.22. The third-order valence-electron chi connectivity index (χ3n) is 4.03. The van der Waals surface area contributed by atoms with Gasteiger partial charge in [0.25, 0.3) is 5.88 Å². The van der Waals surface area contributed by atoms with Crippen molar-refractivity contribution >= 4 is 5.69 Å². The van der Waals surface area contributed by atoms with Gasteiger partial charge in [-0.15, -0.1) is 0 Å². The van der Waals surface area contributed by atoms with E-state index in [1.54, 1.807) is 0 Å². The third kappa shape index (κ3) is 2.39. The van der Waals surface area contributed by atoms with E-state index in [0.29, 0.717) is 11.5 Å². The van der Waals surface area contributed by atoms with Crippen molar-refractivity contribution in [3.05, 3.63) is 21.6 Å². The van der Waals surface area contributed by atoms with E-state index in [0.717, 1.165) is 38.5 Å². The van der Waals surface area contributed by atoms with E-state index in [1.165, 1.54) is 6.42 Å². The van der Waals surface area contributed by atoms with Crippen molar-refractivity contribution in [3.63, 3.8) is 0 Å². The molecule has 6 heteroatoms. The highest BCUT2D eigenvalue weighted by Crippen LogP contribution is 2.43. The highest BCUT2D eigenvalue weighted by molar-refractivity contribution is 5.47. The van der Waals surface area contributed by atoms with Crippen molar-refractivity contribution in [1.29, 1.82) is 0 Å². The molecule has 0 amide bonds. The van der Waals surface area contributed by atoms with Gasteiger partial charge >= 0.3 is 5.69 Å². The number of nitro groups is 1. The summed E-state index contributed by atoms with van der Waals surface area (Å²) in [6.45, 7) is 0. The second-order valence-corrected chi connectivity index (χ2v) is 5.51. The molecule has 3 rings (SSSR count). The predicted octanol–water partition coefficient (Wildman–Crippen LogP) is 3.02. The Morgan fingerprint density at radius 2 is 1.74 bits per heavy atom. The molecule has 0 aromatic carbocycles. The van der Waals surface area contributed by atoms with Gasteiger partial charge in [0.1, 0.15) is 11.5 Å². The lowest BCUT2D eigenvalue weighted by molar-refractivity contribution is -0.387. The van der Waals surface area contributed by atoms with Crippen LogP contribution in [0.1, 0.15) is 68.3 Å². The molecule has 1 heterocycles. The first kappa shape index (κ1) is 12.3. The van der Waals surface area contributed by atoms with Gasteiger partial charge in [-0.25, -0.2) is 4.98 Å². The smallest absolute Gasteiger partial charge is 0.352 e. The summed E-state index contributed by atoms with van der Waals surface area (Å²) in [7, 11) is 0. The molecule has 1 N–H and O–H groups in total. The highest BCUT2D eigenvalue weighted by atomic mass is 16.6. The summed E-state index contributed by atoms with van der Waals surface area (Å²) >= 11 is 0. The standard InChI is InChI=1S/C13H17N3O3/c17-13-11(16(18)19)10(8-4-2-1-3-5-8)14-12(15-13)9-6-7-9/h8-9H,1-7H2,(H,14,15,17). The van der Waals surface area contributed by atoms with Crippen molar-refractivity contribution in [2.45, 2.75) is 56.8 Å². The van der Waals surface area contributed by atoms with E-state index in [1.807, 2.05) is 0 Å². The zero-order valence-corrected chi connectivity index (χ0v) is 10.7. The lowest BCUT2D eigenvalue weighted by Gasteiger charge is -2.21. The van der Waals surface area contributed by atoms with Crippen LogP contribution in [0.15, 0.2) is 0 Å². The largest absolute Gasteiger partial charge is 0.488 e. The summed E-state index contributed by atoms with van der Waals surface area (Å²) in [5.74, 6) is 0.515. The highest BCUT2D eigenvalue weighted by Gasteiger charge is 2.34. The Bertz CT molecular complexity index is 508. The van der Waals surface area contributed by atoms with Gasteiger partial charge in [0.05, 0.1) is 4.92 Å². The topological polar surface area (TPSA) is 89.2 Å². The fraction of sp³-hybridized carbons (Fsp3) is 0.692. The number of hydrogen-bond acceptors (Lipinski definition) is 5. The normalized spacial score (nSPS) is 20.4. The Balaban J connectivity index is 2.04. The molecule has 2 fully saturated rings. The lowest BCUT2D eigenvalue weighted by Crippen LogP contribution is -2.12. The number of nitrogens with zero attached hydrogens (tertiary/aromatic N) is 3. The van der Waals surface area contributed by atoms with Crippen molar-refractivity contribution in [1.82, 2.24) is 9.97 Å². The molecule has 102 valence electrons. The van der Waals surface area contributed by atoms with Crippen molar-refractivity contribution in [3.8, 4) is 5.88 Å². The Labute approximate surface area is 111 Å². The maximum atomic E-state index is 11.1. The van der Waals surface area contributed by atoms with Crippen LogP contribution in [-0.4, -0.2) is 20.0 Å². The number of rotatable bonds is 3. The summed E-state index contributed by atoms with van der Waals surface area (Å²) < 4.78 is 0. The average molecular weight is 263 g/mol. The molecule has 0 aliphatic heterocycles. The molecule has 2 saturated carbocycles. The second kappa shape index (κ2) is 4.75. The van der Waals surface area contributed by atoms with Gasteiger partial charge in [0.15, 0.2) is 0 Å². The number of hydrogen-bond donors (Lipinski definition) is 1. The molecule has 0 spiro atoms. The fourth-order valence-electron chi connectivity index (χ4n) is 2.84. The van der Waals surface area contributed by atoms with E-state index in [2.05, 4.69) is 9.97 Å². The van der Waals surface area contributed by atoms with E-state index in [-0.39, 0.29) is 17.5 Å². The minimum Gasteiger partial charge on any atom is -0.488 e. The predicted molar refractivity (Wildman–Crippen MR) is 68.2 cm³/mol. The van der Waals surface area contributed by atoms with Crippen LogP contribution in [0.3, 0.4) is 0 Å². The molecule has 19 heavy (non-hydrogen) atoms. The van der Waals surface area contributed by atoms with Gasteiger partial charge in [0.2, 0.25) is 0 Å². The summed E-state index contributed by atoms with van der Waals surface area (Å²) in [5, 5.41) is 21.0. The Kier molecular flexibility index (Phi) is 3.08. The maximum Gasteiger partial charge on any atom is 0.352 e. The van der Waals surface area contributed by atoms with Gasteiger partial charge in [-0.2, -0.15) is 4.98 Å². The molecule has 2 aliphatic carbocycles. The van der Waals surface area contributed by atoms with E-state index >= 15 is 0 Å². The summed E-state index contributed by atoms with van der Waals surface area (Å²) in [5.41, 5.74) is 0.176. The molecule has 6 nitrogen and oxygen atoms in total. The number of aromatic nitrogens is 2. The Morgan fingerprint density at radius 1 is 1.05 bits per heavy atom. The quantitative estimate of drug-likeness (QED) is 0.668. The van der Waals surface area contributed by atoms with Crippen molar-refractivity contribution < 1.29 is 10.0 Å². The minimum atomic E-state index is -0.546. The van der Waals surface area contributed by atoms with Crippen LogP contribution in [-0.2, 0) is 0 Å². The molecule has 0 atom stereocenters. The van der Waals surface area contributed by atoms with Gasteiger partial charge in [-0.1, -0.05) is 19.3 Å². The summed E-state index contributed by atoms with van der Waals surface area (Å²) in [6, 6.07) is 0. The van der Waals surface area contributed by atoms with Crippen LogP contribution >= 0.6 is 0 Å². The van der Waals surface area contributed by atoms with Crippen molar-refractivity contribution in [2.24, 2.45) is 0 Å². The molecule has 1 aromatic rings. The van der Waals surface area contributed by atoms with E-state index < -0.39 is 10.8 Å². The van der Waals surface area contributed by atoms with Crippen LogP contribution in [0, 0.1) is 10.1 Å². The molecular weight excluding hydrogens is 246 g/mol. The molecular formula is C13H17N3O3. The first-order valence-electron chi connectivity index (χ1n) is 6.92. The zero-order chi connectivity index (χ0) is 13.4.